The quantitative estimate of drug-likeness (QED) is 0.827. The molecule has 6 heteroatoms. The lowest BCUT2D eigenvalue weighted by Crippen LogP contribution is -2.13. The van der Waals surface area contributed by atoms with Gasteiger partial charge in [-0.05, 0) is 17.7 Å². The van der Waals surface area contributed by atoms with Gasteiger partial charge in [0.2, 0.25) is 0 Å². The van der Waals surface area contributed by atoms with Gasteiger partial charge in [0.15, 0.2) is 6.10 Å². The van der Waals surface area contributed by atoms with Crippen molar-refractivity contribution in [2.45, 2.75) is 6.10 Å². The van der Waals surface area contributed by atoms with Gasteiger partial charge >= 0.3 is 5.97 Å². The van der Waals surface area contributed by atoms with Crippen LogP contribution in [0.4, 0.5) is 0 Å². The van der Waals surface area contributed by atoms with E-state index < -0.39 is 12.1 Å². The number of aryl methyl sites for hydroxylation is 1. The summed E-state index contributed by atoms with van der Waals surface area (Å²) in [4.78, 5) is 10.9. The Kier molecular flexibility index (Phi) is 2.57. The van der Waals surface area contributed by atoms with Crippen LogP contribution in [0.25, 0.3) is 11.0 Å². The Morgan fingerprint density at radius 1 is 1.56 bits per heavy atom. The number of hydrogen-bond acceptors (Lipinski definition) is 4. The smallest absolute Gasteiger partial charge is 0.337 e. The van der Waals surface area contributed by atoms with Gasteiger partial charge < -0.3 is 9.84 Å². The molecule has 1 aromatic heterocycles. The van der Waals surface area contributed by atoms with Gasteiger partial charge in [-0.3, -0.25) is 0 Å². The molecule has 1 N–H and O–H groups in total. The first-order chi connectivity index (χ1) is 7.63. The van der Waals surface area contributed by atoms with Gasteiger partial charge in [0.25, 0.3) is 0 Å². The van der Waals surface area contributed by atoms with E-state index in [9.17, 15) is 4.79 Å². The summed E-state index contributed by atoms with van der Waals surface area (Å²) in [5.74, 6) is -1.02. The summed E-state index contributed by atoms with van der Waals surface area (Å²) in [5, 5.41) is 16.7. The van der Waals surface area contributed by atoms with Crippen molar-refractivity contribution in [2.24, 2.45) is 7.05 Å². The summed E-state index contributed by atoms with van der Waals surface area (Å²) in [7, 11) is 3.14. The molecule has 1 unspecified atom stereocenters. The fourth-order valence-electron chi connectivity index (χ4n) is 1.60. The second-order valence-electron chi connectivity index (χ2n) is 3.42. The van der Waals surface area contributed by atoms with Gasteiger partial charge in [0, 0.05) is 14.2 Å². The maximum Gasteiger partial charge on any atom is 0.337 e. The Morgan fingerprint density at radius 2 is 2.31 bits per heavy atom. The molecular formula is C10H11N3O3. The summed E-state index contributed by atoms with van der Waals surface area (Å²) in [6.45, 7) is 0. The Hall–Kier alpha value is -1.95. The van der Waals surface area contributed by atoms with Crippen LogP contribution in [0.2, 0.25) is 0 Å². The predicted octanol–water partition coefficient (Wildman–Crippen LogP) is 0.740. The number of methoxy groups -OCH3 is 1. The number of ether oxygens (including phenoxy) is 1. The van der Waals surface area contributed by atoms with Crippen LogP contribution >= 0.6 is 0 Å². The molecule has 0 spiro atoms. The molecule has 6 nitrogen and oxygen atoms in total. The number of carboxylic acids is 1. The van der Waals surface area contributed by atoms with Crippen molar-refractivity contribution in [1.29, 1.82) is 0 Å². The molecule has 84 valence electrons. The standard InChI is InChI=1S/C10H11N3O3/c1-13-8-4-3-6(5-7(8)11-12-13)9(16-2)10(14)15/h3-5,9H,1-2H3,(H,14,15). The molecule has 0 bridgehead atoms. The van der Waals surface area contributed by atoms with Gasteiger partial charge in [-0.2, -0.15) is 0 Å². The van der Waals surface area contributed by atoms with Crippen molar-refractivity contribution in [3.63, 3.8) is 0 Å². The third kappa shape index (κ3) is 1.63. The average molecular weight is 221 g/mol. The van der Waals surface area contributed by atoms with Crippen molar-refractivity contribution in [1.82, 2.24) is 15.0 Å². The summed E-state index contributed by atoms with van der Waals surface area (Å²) in [5.41, 5.74) is 2.07. The maximum absolute atomic E-state index is 10.9. The lowest BCUT2D eigenvalue weighted by Gasteiger charge is -2.10. The molecule has 0 amide bonds. The van der Waals surface area contributed by atoms with E-state index in [1.165, 1.54) is 7.11 Å². The third-order valence-corrected chi connectivity index (χ3v) is 2.40. The molecule has 0 fully saturated rings. The molecule has 2 rings (SSSR count). The molecule has 0 aliphatic rings. The van der Waals surface area contributed by atoms with Crippen molar-refractivity contribution >= 4 is 17.0 Å². The number of aliphatic carboxylic acids is 1. The van der Waals surface area contributed by atoms with Gasteiger partial charge in [-0.25, -0.2) is 9.48 Å². The molecule has 1 atom stereocenters. The van der Waals surface area contributed by atoms with E-state index in [0.717, 1.165) is 5.52 Å². The SMILES string of the molecule is COC(C(=O)O)c1ccc2c(c1)nnn2C. The van der Waals surface area contributed by atoms with Crippen LogP contribution < -0.4 is 0 Å². The molecule has 0 saturated heterocycles. The van der Waals surface area contributed by atoms with Crippen molar-refractivity contribution in [3.8, 4) is 0 Å². The fraction of sp³-hybridized carbons (Fsp3) is 0.300. The zero-order valence-electron chi connectivity index (χ0n) is 8.91. The molecule has 0 saturated carbocycles. The summed E-state index contributed by atoms with van der Waals surface area (Å²) in [6.07, 6.45) is -0.966. The summed E-state index contributed by atoms with van der Waals surface area (Å²) >= 11 is 0. The van der Waals surface area contributed by atoms with E-state index in [1.54, 1.807) is 29.9 Å². The normalized spacial score (nSPS) is 12.9. The van der Waals surface area contributed by atoms with Crippen LogP contribution in [-0.4, -0.2) is 33.2 Å². The zero-order valence-corrected chi connectivity index (χ0v) is 8.91. The number of fused-ring (bicyclic) bond motifs is 1. The predicted molar refractivity (Wildman–Crippen MR) is 55.9 cm³/mol. The molecule has 0 aliphatic heterocycles. The monoisotopic (exact) mass is 221 g/mol. The summed E-state index contributed by atoms with van der Waals surface area (Å²) < 4.78 is 6.53. The van der Waals surface area contributed by atoms with Crippen LogP contribution in [-0.2, 0) is 16.6 Å². The number of carboxylic acid groups (broad SMARTS) is 1. The molecule has 0 radical (unpaired) electrons. The first kappa shape index (κ1) is 10.6. The average Bonchev–Trinajstić information content (AvgIpc) is 2.61. The van der Waals surface area contributed by atoms with Gasteiger partial charge in [0.05, 0.1) is 5.52 Å². The van der Waals surface area contributed by atoms with E-state index in [1.807, 2.05) is 0 Å². The first-order valence-corrected chi connectivity index (χ1v) is 4.68. The third-order valence-electron chi connectivity index (χ3n) is 2.40. The number of nitrogens with zero attached hydrogens (tertiary/aromatic N) is 3. The Labute approximate surface area is 91.4 Å². The molecule has 1 heterocycles. The molecule has 16 heavy (non-hydrogen) atoms. The minimum atomic E-state index is -1.02. The van der Waals surface area contributed by atoms with Crippen molar-refractivity contribution in [3.05, 3.63) is 23.8 Å². The van der Waals surface area contributed by atoms with Crippen LogP contribution in [0, 0.1) is 0 Å². The Balaban J connectivity index is 2.50. The molecule has 2 aromatic rings. The first-order valence-electron chi connectivity index (χ1n) is 4.68. The highest BCUT2D eigenvalue weighted by Gasteiger charge is 2.19. The van der Waals surface area contributed by atoms with Crippen LogP contribution in [0.1, 0.15) is 11.7 Å². The minimum Gasteiger partial charge on any atom is -0.479 e. The second-order valence-corrected chi connectivity index (χ2v) is 3.42. The number of benzene rings is 1. The zero-order chi connectivity index (χ0) is 11.7. The minimum absolute atomic E-state index is 0.558. The number of aromatic nitrogens is 3. The second kappa shape index (κ2) is 3.90. The Morgan fingerprint density at radius 3 is 2.94 bits per heavy atom. The number of rotatable bonds is 3. The molecular weight excluding hydrogens is 210 g/mol. The van der Waals surface area contributed by atoms with Crippen molar-refractivity contribution < 1.29 is 14.6 Å². The maximum atomic E-state index is 10.9. The lowest BCUT2D eigenvalue weighted by atomic mass is 10.1. The van der Waals surface area contributed by atoms with Gasteiger partial charge in [0.1, 0.15) is 5.52 Å². The van der Waals surface area contributed by atoms with E-state index in [-0.39, 0.29) is 0 Å². The van der Waals surface area contributed by atoms with Crippen LogP contribution in [0.3, 0.4) is 0 Å². The topological polar surface area (TPSA) is 77.2 Å². The largest absolute Gasteiger partial charge is 0.479 e. The lowest BCUT2D eigenvalue weighted by molar-refractivity contribution is -0.148. The van der Waals surface area contributed by atoms with Gasteiger partial charge in [-0.1, -0.05) is 11.3 Å². The van der Waals surface area contributed by atoms with E-state index in [2.05, 4.69) is 10.3 Å². The van der Waals surface area contributed by atoms with Crippen LogP contribution in [0.5, 0.6) is 0 Å². The molecule has 0 aliphatic carbocycles. The number of carbonyl (C=O) groups is 1. The van der Waals surface area contributed by atoms with Crippen molar-refractivity contribution in [2.75, 3.05) is 7.11 Å². The highest BCUT2D eigenvalue weighted by Crippen LogP contribution is 2.20. The Bertz CT molecular complexity index is 535. The highest BCUT2D eigenvalue weighted by atomic mass is 16.5. The summed E-state index contributed by atoms with van der Waals surface area (Å²) in [6, 6.07) is 5.15. The van der Waals surface area contributed by atoms with Crippen LogP contribution in [0.15, 0.2) is 18.2 Å². The van der Waals surface area contributed by atoms with Gasteiger partial charge in [-0.15, -0.1) is 5.10 Å². The van der Waals surface area contributed by atoms with E-state index >= 15 is 0 Å². The van der Waals surface area contributed by atoms with E-state index in [0.29, 0.717) is 11.1 Å². The van der Waals surface area contributed by atoms with E-state index in [4.69, 9.17) is 9.84 Å². The fourth-order valence-corrected chi connectivity index (χ4v) is 1.60. The highest BCUT2D eigenvalue weighted by molar-refractivity contribution is 5.79. The number of hydrogen-bond donors (Lipinski definition) is 1. The molecule has 1 aromatic carbocycles.